The summed E-state index contributed by atoms with van der Waals surface area (Å²) in [5, 5.41) is 2.82. The van der Waals surface area contributed by atoms with Gasteiger partial charge in [0, 0.05) is 11.3 Å². The largest absolute Gasteiger partial charge is 0.449 e. The fourth-order valence-corrected chi connectivity index (χ4v) is 3.41. The molecular weight excluding hydrogens is 390 g/mol. The monoisotopic (exact) mass is 413 g/mol. The summed E-state index contributed by atoms with van der Waals surface area (Å²) in [5.74, 6) is -0.351. The molecule has 1 aromatic heterocycles. The Kier molecular flexibility index (Phi) is 5.80. The molecule has 31 heavy (non-hydrogen) atoms. The second kappa shape index (κ2) is 8.83. The van der Waals surface area contributed by atoms with Crippen LogP contribution in [0.4, 0.5) is 5.69 Å². The van der Waals surface area contributed by atoms with E-state index in [0.29, 0.717) is 29.1 Å². The van der Waals surface area contributed by atoms with Gasteiger partial charge in [0.2, 0.25) is 0 Å². The number of aryl methyl sites for hydroxylation is 1. The maximum Gasteiger partial charge on any atom is 0.339 e. The van der Waals surface area contributed by atoms with Gasteiger partial charge in [0.15, 0.2) is 6.10 Å². The molecule has 3 aromatic carbocycles. The molecule has 0 saturated carbocycles. The number of carbonyl (C=O) groups is 2. The van der Waals surface area contributed by atoms with Gasteiger partial charge >= 0.3 is 5.97 Å². The summed E-state index contributed by atoms with van der Waals surface area (Å²) >= 11 is 0. The van der Waals surface area contributed by atoms with Crippen LogP contribution in [0.2, 0.25) is 0 Å². The molecule has 0 saturated heterocycles. The van der Waals surface area contributed by atoms with Crippen LogP contribution in [0.3, 0.4) is 0 Å². The van der Waals surface area contributed by atoms with Crippen molar-refractivity contribution in [2.45, 2.75) is 26.4 Å². The molecule has 1 atom stereocenters. The van der Waals surface area contributed by atoms with Gasteiger partial charge in [-0.3, -0.25) is 4.79 Å². The quantitative estimate of drug-likeness (QED) is 0.430. The number of ether oxygens (including phenoxy) is 1. The third-order valence-corrected chi connectivity index (χ3v) is 4.99. The molecule has 0 fully saturated rings. The van der Waals surface area contributed by atoms with Crippen molar-refractivity contribution in [1.29, 1.82) is 0 Å². The average molecular weight is 413 g/mol. The number of esters is 1. The average Bonchev–Trinajstić information content (AvgIpc) is 3.21. The topological polar surface area (TPSA) is 84.1 Å². The van der Waals surface area contributed by atoms with Crippen LogP contribution in [0.5, 0.6) is 0 Å². The number of anilines is 1. The van der Waals surface area contributed by atoms with Gasteiger partial charge in [-0.25, -0.2) is 9.78 Å². The van der Waals surface area contributed by atoms with Crippen molar-refractivity contribution >= 4 is 28.6 Å². The Morgan fingerprint density at radius 1 is 1.03 bits per heavy atom. The first-order valence-corrected chi connectivity index (χ1v) is 10.2. The number of hydrogen-bond donors (Lipinski definition) is 2. The van der Waals surface area contributed by atoms with Crippen molar-refractivity contribution in [2.24, 2.45) is 0 Å². The van der Waals surface area contributed by atoms with E-state index >= 15 is 0 Å². The molecule has 0 aliphatic carbocycles. The molecular formula is C25H23N3O3. The summed E-state index contributed by atoms with van der Waals surface area (Å²) in [6.07, 6.45) is -0.548. The molecule has 6 heteroatoms. The zero-order valence-electron chi connectivity index (χ0n) is 17.4. The van der Waals surface area contributed by atoms with E-state index in [0.717, 1.165) is 16.6 Å². The van der Waals surface area contributed by atoms with Crippen LogP contribution in [0, 0.1) is 6.92 Å². The predicted molar refractivity (Wildman–Crippen MR) is 121 cm³/mol. The number of H-pyrrole nitrogens is 1. The highest BCUT2D eigenvalue weighted by Crippen LogP contribution is 2.25. The fourth-order valence-electron chi connectivity index (χ4n) is 3.41. The fraction of sp³-hybridized carbons (Fsp3) is 0.160. The minimum atomic E-state index is -0.906. The van der Waals surface area contributed by atoms with Gasteiger partial charge in [0.1, 0.15) is 5.82 Å². The van der Waals surface area contributed by atoms with Crippen LogP contribution in [-0.2, 0) is 9.53 Å². The van der Waals surface area contributed by atoms with Gasteiger partial charge in [-0.1, -0.05) is 49.4 Å². The summed E-state index contributed by atoms with van der Waals surface area (Å²) in [5.41, 5.74) is 4.36. The van der Waals surface area contributed by atoms with Crippen molar-refractivity contribution in [2.75, 3.05) is 5.32 Å². The molecule has 156 valence electrons. The summed E-state index contributed by atoms with van der Waals surface area (Å²) in [6, 6.07) is 22.2. The highest BCUT2D eigenvalue weighted by Gasteiger charge is 2.24. The van der Waals surface area contributed by atoms with E-state index in [2.05, 4.69) is 15.3 Å². The molecule has 2 N–H and O–H groups in total. The van der Waals surface area contributed by atoms with Crippen molar-refractivity contribution in [3.8, 4) is 11.4 Å². The normalized spacial score (nSPS) is 11.8. The number of nitrogens with one attached hydrogen (secondary N) is 2. The summed E-state index contributed by atoms with van der Waals surface area (Å²) in [6.45, 7) is 3.75. The third-order valence-electron chi connectivity index (χ3n) is 4.99. The van der Waals surface area contributed by atoms with Crippen molar-refractivity contribution < 1.29 is 14.3 Å². The number of aromatic nitrogens is 2. The summed E-state index contributed by atoms with van der Waals surface area (Å²) in [7, 11) is 0. The van der Waals surface area contributed by atoms with Crippen molar-refractivity contribution in [3.05, 3.63) is 83.9 Å². The number of rotatable bonds is 6. The smallest absolute Gasteiger partial charge is 0.339 e. The lowest BCUT2D eigenvalue weighted by molar-refractivity contribution is -0.124. The molecule has 1 amide bonds. The van der Waals surface area contributed by atoms with E-state index in [1.165, 1.54) is 0 Å². The van der Waals surface area contributed by atoms with Gasteiger partial charge in [0.25, 0.3) is 5.91 Å². The third kappa shape index (κ3) is 4.48. The maximum atomic E-state index is 13.0. The van der Waals surface area contributed by atoms with Crippen LogP contribution in [-0.4, -0.2) is 27.9 Å². The van der Waals surface area contributed by atoms with Crippen LogP contribution in [0.15, 0.2) is 72.8 Å². The van der Waals surface area contributed by atoms with Crippen LogP contribution in [0.25, 0.3) is 22.4 Å². The Morgan fingerprint density at radius 3 is 2.58 bits per heavy atom. The highest BCUT2D eigenvalue weighted by molar-refractivity contribution is 6.00. The minimum Gasteiger partial charge on any atom is -0.449 e. The molecule has 0 bridgehead atoms. The Balaban J connectivity index is 1.55. The number of imidazole rings is 1. The van der Waals surface area contributed by atoms with Crippen LogP contribution >= 0.6 is 0 Å². The minimum absolute atomic E-state index is 0.350. The lowest BCUT2D eigenvalue weighted by atomic mass is 10.1. The van der Waals surface area contributed by atoms with Gasteiger partial charge in [-0.2, -0.15) is 0 Å². The second-order valence-electron chi connectivity index (χ2n) is 7.31. The predicted octanol–water partition coefficient (Wildman–Crippen LogP) is 5.11. The number of fused-ring (bicyclic) bond motifs is 1. The number of benzene rings is 3. The standard InChI is InChI=1S/C25H23N3O3/c1-3-22(24(29)26-17-10-8-9-16(2)15-17)31-25(30)19-12-5-4-11-18(19)23-27-20-13-6-7-14-21(20)28-23/h4-15,22H,3H2,1-2H3,(H,26,29)(H,27,28). The van der Waals surface area contributed by atoms with Crippen molar-refractivity contribution in [1.82, 2.24) is 9.97 Å². The number of carbonyl (C=O) groups excluding carboxylic acids is 2. The highest BCUT2D eigenvalue weighted by atomic mass is 16.5. The Bertz CT molecular complexity index is 1210. The summed E-state index contributed by atoms with van der Waals surface area (Å²) in [4.78, 5) is 33.5. The molecule has 1 heterocycles. The van der Waals surface area contributed by atoms with Crippen LogP contribution in [0.1, 0.15) is 29.3 Å². The van der Waals surface area contributed by atoms with E-state index in [4.69, 9.17) is 4.74 Å². The van der Waals surface area contributed by atoms with E-state index in [1.807, 2.05) is 61.5 Å². The lowest BCUT2D eigenvalue weighted by Crippen LogP contribution is -2.32. The van der Waals surface area contributed by atoms with E-state index in [-0.39, 0.29) is 5.91 Å². The summed E-state index contributed by atoms with van der Waals surface area (Å²) < 4.78 is 5.59. The first kappa shape index (κ1) is 20.3. The van der Waals surface area contributed by atoms with Gasteiger partial charge in [-0.05, 0) is 49.2 Å². The number of para-hydroxylation sites is 2. The zero-order valence-corrected chi connectivity index (χ0v) is 17.4. The second-order valence-corrected chi connectivity index (χ2v) is 7.31. The molecule has 1 unspecified atom stereocenters. The Morgan fingerprint density at radius 2 is 1.81 bits per heavy atom. The molecule has 0 aliphatic heterocycles. The van der Waals surface area contributed by atoms with E-state index in [1.54, 1.807) is 25.1 Å². The number of aromatic amines is 1. The number of amides is 1. The Hall–Kier alpha value is -3.93. The van der Waals surface area contributed by atoms with E-state index < -0.39 is 12.1 Å². The lowest BCUT2D eigenvalue weighted by Gasteiger charge is -2.17. The molecule has 0 radical (unpaired) electrons. The van der Waals surface area contributed by atoms with Crippen molar-refractivity contribution in [3.63, 3.8) is 0 Å². The zero-order chi connectivity index (χ0) is 21.8. The molecule has 4 aromatic rings. The first-order chi connectivity index (χ1) is 15.0. The van der Waals surface area contributed by atoms with Gasteiger partial charge in [0.05, 0.1) is 16.6 Å². The molecule has 4 rings (SSSR count). The molecule has 6 nitrogen and oxygen atoms in total. The first-order valence-electron chi connectivity index (χ1n) is 10.2. The van der Waals surface area contributed by atoms with E-state index in [9.17, 15) is 9.59 Å². The SMILES string of the molecule is CCC(OC(=O)c1ccccc1-c1nc2ccccc2[nH]1)C(=O)Nc1cccc(C)c1. The Labute approximate surface area is 180 Å². The van der Waals surface area contributed by atoms with Gasteiger partial charge in [-0.15, -0.1) is 0 Å². The molecule has 0 spiro atoms. The maximum absolute atomic E-state index is 13.0. The van der Waals surface area contributed by atoms with Crippen LogP contribution < -0.4 is 5.32 Å². The number of nitrogens with zero attached hydrogens (tertiary/aromatic N) is 1. The van der Waals surface area contributed by atoms with Gasteiger partial charge < -0.3 is 15.0 Å². The number of hydrogen-bond acceptors (Lipinski definition) is 4. The molecule has 0 aliphatic rings.